The Balaban J connectivity index is 2.27. The molecule has 0 spiro atoms. The number of benzene rings is 1. The molecule has 0 amide bonds. The Labute approximate surface area is 107 Å². The Bertz CT molecular complexity index is 357. The van der Waals surface area contributed by atoms with E-state index in [9.17, 15) is 4.39 Å². The molecular weight excluding hydrogens is 239 g/mol. The largest absolute Gasteiger partial charge is 0.314 e. The van der Waals surface area contributed by atoms with Gasteiger partial charge in [0.15, 0.2) is 0 Å². The van der Waals surface area contributed by atoms with Gasteiger partial charge in [0, 0.05) is 42.8 Å². The molecule has 1 aromatic rings. The number of nitrogens with zero attached hydrogens (tertiary/aromatic N) is 1. The van der Waals surface area contributed by atoms with E-state index in [-0.39, 0.29) is 11.9 Å². The first kappa shape index (κ1) is 12.8. The van der Waals surface area contributed by atoms with Crippen molar-refractivity contribution in [3.8, 4) is 0 Å². The van der Waals surface area contributed by atoms with Gasteiger partial charge in [-0.1, -0.05) is 24.6 Å². The third kappa shape index (κ3) is 2.79. The zero-order valence-corrected chi connectivity index (χ0v) is 10.8. The SMILES string of the molecule is CC[C@H](c1c(F)cccc1Cl)N1CCNCC1. The molecule has 1 atom stereocenters. The molecule has 0 aliphatic carbocycles. The second-order valence-corrected chi connectivity index (χ2v) is 4.75. The van der Waals surface area contributed by atoms with Crippen LogP contribution in [0.25, 0.3) is 0 Å². The van der Waals surface area contributed by atoms with Crippen LogP contribution < -0.4 is 5.32 Å². The van der Waals surface area contributed by atoms with Crippen molar-refractivity contribution in [2.45, 2.75) is 19.4 Å². The molecule has 2 rings (SSSR count). The minimum Gasteiger partial charge on any atom is -0.314 e. The summed E-state index contributed by atoms with van der Waals surface area (Å²) in [5.41, 5.74) is 0.651. The number of piperazine rings is 1. The predicted octanol–water partition coefficient (Wildman–Crippen LogP) is 2.84. The molecule has 1 aromatic carbocycles. The van der Waals surface area contributed by atoms with Gasteiger partial charge < -0.3 is 5.32 Å². The van der Waals surface area contributed by atoms with Crippen LogP contribution in [0.4, 0.5) is 4.39 Å². The molecule has 94 valence electrons. The molecule has 1 N–H and O–H groups in total. The topological polar surface area (TPSA) is 15.3 Å². The van der Waals surface area contributed by atoms with Gasteiger partial charge in [-0.2, -0.15) is 0 Å². The van der Waals surface area contributed by atoms with Gasteiger partial charge in [0.25, 0.3) is 0 Å². The fourth-order valence-corrected chi connectivity index (χ4v) is 2.76. The monoisotopic (exact) mass is 256 g/mol. The van der Waals surface area contributed by atoms with Crippen molar-refractivity contribution in [1.82, 2.24) is 10.2 Å². The van der Waals surface area contributed by atoms with Crippen LogP contribution in [-0.4, -0.2) is 31.1 Å². The molecule has 1 saturated heterocycles. The van der Waals surface area contributed by atoms with Crippen LogP contribution in [0.2, 0.25) is 5.02 Å². The first-order valence-corrected chi connectivity index (χ1v) is 6.50. The minimum absolute atomic E-state index is 0.0887. The van der Waals surface area contributed by atoms with E-state index in [1.807, 2.05) is 0 Å². The van der Waals surface area contributed by atoms with Crippen LogP contribution in [0, 0.1) is 5.82 Å². The Morgan fingerprint density at radius 2 is 2.12 bits per heavy atom. The molecule has 0 saturated carbocycles. The van der Waals surface area contributed by atoms with Gasteiger partial charge in [-0.25, -0.2) is 4.39 Å². The van der Waals surface area contributed by atoms with Gasteiger partial charge in [-0.3, -0.25) is 4.90 Å². The predicted molar refractivity (Wildman–Crippen MR) is 68.9 cm³/mol. The Kier molecular flexibility index (Phi) is 4.37. The molecule has 17 heavy (non-hydrogen) atoms. The standard InChI is InChI=1S/C13H18ClFN2/c1-2-12(17-8-6-16-7-9-17)13-10(14)4-3-5-11(13)15/h3-5,12,16H,2,6-9H2,1H3/t12-/m1/s1. The molecule has 0 unspecified atom stereocenters. The normalized spacial score (nSPS) is 19.2. The molecule has 2 nitrogen and oxygen atoms in total. The summed E-state index contributed by atoms with van der Waals surface area (Å²) in [6.07, 6.45) is 0.876. The van der Waals surface area contributed by atoms with Gasteiger partial charge in [0.1, 0.15) is 5.82 Å². The minimum atomic E-state index is -0.192. The van der Waals surface area contributed by atoms with E-state index in [4.69, 9.17) is 11.6 Å². The summed E-state index contributed by atoms with van der Waals surface area (Å²) in [5, 5.41) is 3.84. The highest BCUT2D eigenvalue weighted by molar-refractivity contribution is 6.31. The number of rotatable bonds is 3. The van der Waals surface area contributed by atoms with E-state index in [0.29, 0.717) is 10.6 Å². The van der Waals surface area contributed by atoms with Crippen LogP contribution in [-0.2, 0) is 0 Å². The lowest BCUT2D eigenvalue weighted by atomic mass is 10.0. The zero-order valence-electron chi connectivity index (χ0n) is 10.0. The van der Waals surface area contributed by atoms with E-state index in [1.165, 1.54) is 6.07 Å². The van der Waals surface area contributed by atoms with Gasteiger partial charge in [-0.05, 0) is 18.6 Å². The van der Waals surface area contributed by atoms with Crippen LogP contribution in [0.1, 0.15) is 24.9 Å². The summed E-state index contributed by atoms with van der Waals surface area (Å²) in [6, 6.07) is 5.01. The van der Waals surface area contributed by atoms with E-state index in [1.54, 1.807) is 12.1 Å². The third-order valence-corrected chi connectivity index (χ3v) is 3.64. The second-order valence-electron chi connectivity index (χ2n) is 4.35. The molecular formula is C13H18ClFN2. The lowest BCUT2D eigenvalue weighted by Gasteiger charge is -2.35. The Morgan fingerprint density at radius 1 is 1.41 bits per heavy atom. The fourth-order valence-electron chi connectivity index (χ4n) is 2.47. The van der Waals surface area contributed by atoms with Gasteiger partial charge in [0.05, 0.1) is 0 Å². The van der Waals surface area contributed by atoms with Crippen molar-refractivity contribution in [3.63, 3.8) is 0 Å². The molecule has 1 fully saturated rings. The average molecular weight is 257 g/mol. The highest BCUT2D eigenvalue weighted by atomic mass is 35.5. The van der Waals surface area contributed by atoms with Crippen LogP contribution in [0.3, 0.4) is 0 Å². The van der Waals surface area contributed by atoms with Crippen LogP contribution >= 0.6 is 11.6 Å². The van der Waals surface area contributed by atoms with Crippen LogP contribution in [0.5, 0.6) is 0 Å². The van der Waals surface area contributed by atoms with Crippen LogP contribution in [0.15, 0.2) is 18.2 Å². The van der Waals surface area contributed by atoms with Crippen molar-refractivity contribution in [3.05, 3.63) is 34.6 Å². The van der Waals surface area contributed by atoms with Gasteiger partial charge >= 0.3 is 0 Å². The molecule has 0 bridgehead atoms. The first-order valence-electron chi connectivity index (χ1n) is 6.12. The summed E-state index contributed by atoms with van der Waals surface area (Å²) in [5.74, 6) is -0.192. The molecule has 1 heterocycles. The van der Waals surface area contributed by atoms with Gasteiger partial charge in [0.2, 0.25) is 0 Å². The molecule has 1 aliphatic heterocycles. The second kappa shape index (κ2) is 5.80. The summed E-state index contributed by atoms with van der Waals surface area (Å²) in [6.45, 7) is 5.90. The van der Waals surface area contributed by atoms with Crippen molar-refractivity contribution < 1.29 is 4.39 Å². The summed E-state index contributed by atoms with van der Waals surface area (Å²) in [7, 11) is 0. The maximum Gasteiger partial charge on any atom is 0.129 e. The van der Waals surface area contributed by atoms with Crippen molar-refractivity contribution in [2.75, 3.05) is 26.2 Å². The van der Waals surface area contributed by atoms with Crippen molar-refractivity contribution >= 4 is 11.6 Å². The molecule has 1 aliphatic rings. The number of nitrogens with one attached hydrogen (secondary N) is 1. The number of hydrogen-bond acceptors (Lipinski definition) is 2. The summed E-state index contributed by atoms with van der Waals surface area (Å²) >= 11 is 6.14. The van der Waals surface area contributed by atoms with Gasteiger partial charge in [-0.15, -0.1) is 0 Å². The van der Waals surface area contributed by atoms with Crippen molar-refractivity contribution in [1.29, 1.82) is 0 Å². The van der Waals surface area contributed by atoms with E-state index < -0.39 is 0 Å². The highest BCUT2D eigenvalue weighted by Gasteiger charge is 2.24. The number of halogens is 2. The average Bonchev–Trinajstić information content (AvgIpc) is 2.35. The summed E-state index contributed by atoms with van der Waals surface area (Å²) in [4.78, 5) is 2.31. The molecule has 4 heteroatoms. The first-order chi connectivity index (χ1) is 8.24. The quantitative estimate of drug-likeness (QED) is 0.895. The maximum absolute atomic E-state index is 13.9. The number of hydrogen-bond donors (Lipinski definition) is 1. The lowest BCUT2D eigenvalue weighted by molar-refractivity contribution is 0.166. The Morgan fingerprint density at radius 3 is 2.71 bits per heavy atom. The molecule has 0 aromatic heterocycles. The van der Waals surface area contributed by atoms with E-state index in [2.05, 4.69) is 17.1 Å². The highest BCUT2D eigenvalue weighted by Crippen LogP contribution is 2.32. The smallest absolute Gasteiger partial charge is 0.129 e. The third-order valence-electron chi connectivity index (χ3n) is 3.31. The lowest BCUT2D eigenvalue weighted by Crippen LogP contribution is -2.45. The Hall–Kier alpha value is -0.640. The maximum atomic E-state index is 13.9. The fraction of sp³-hybridized carbons (Fsp3) is 0.538. The van der Waals surface area contributed by atoms with Crippen molar-refractivity contribution in [2.24, 2.45) is 0 Å². The summed E-state index contributed by atoms with van der Waals surface area (Å²) < 4.78 is 13.9. The zero-order chi connectivity index (χ0) is 12.3. The van der Waals surface area contributed by atoms with E-state index in [0.717, 1.165) is 32.6 Å². The van der Waals surface area contributed by atoms with E-state index >= 15 is 0 Å². The molecule has 0 radical (unpaired) electrons.